The molecule has 21 heavy (non-hydrogen) atoms. The molecule has 116 valence electrons. The number of nitrogens with zero attached hydrogens (tertiary/aromatic N) is 2. The van der Waals surface area contributed by atoms with Gasteiger partial charge in [-0.25, -0.2) is 0 Å². The lowest BCUT2D eigenvalue weighted by atomic mass is 9.95. The minimum atomic E-state index is -0.724. The fourth-order valence-corrected chi connectivity index (χ4v) is 3.03. The van der Waals surface area contributed by atoms with Gasteiger partial charge in [0.2, 0.25) is 0 Å². The molecule has 4 nitrogen and oxygen atoms in total. The highest BCUT2D eigenvalue weighted by atomic mass is 16.4. The van der Waals surface area contributed by atoms with Crippen LogP contribution in [0.2, 0.25) is 0 Å². The van der Waals surface area contributed by atoms with Gasteiger partial charge in [-0.3, -0.25) is 14.6 Å². The third-order valence-corrected chi connectivity index (χ3v) is 4.28. The van der Waals surface area contributed by atoms with Crippen molar-refractivity contribution in [1.82, 2.24) is 9.80 Å². The van der Waals surface area contributed by atoms with Gasteiger partial charge in [0.05, 0.1) is 6.54 Å². The van der Waals surface area contributed by atoms with Gasteiger partial charge in [-0.2, -0.15) is 0 Å². The van der Waals surface area contributed by atoms with Gasteiger partial charge < -0.3 is 5.11 Å². The van der Waals surface area contributed by atoms with Gasteiger partial charge in [0, 0.05) is 13.1 Å². The monoisotopic (exact) mass is 290 g/mol. The lowest BCUT2D eigenvalue weighted by molar-refractivity contribution is -0.138. The molecule has 1 aliphatic heterocycles. The van der Waals surface area contributed by atoms with Crippen molar-refractivity contribution in [2.24, 2.45) is 5.92 Å². The normalized spacial score (nSPS) is 17.2. The van der Waals surface area contributed by atoms with E-state index in [1.54, 1.807) is 0 Å². The van der Waals surface area contributed by atoms with Crippen LogP contribution in [0.1, 0.15) is 25.3 Å². The summed E-state index contributed by atoms with van der Waals surface area (Å²) in [5.41, 5.74) is 1.37. The van der Waals surface area contributed by atoms with Crippen LogP contribution in [0.15, 0.2) is 30.3 Å². The maximum Gasteiger partial charge on any atom is 0.317 e. The van der Waals surface area contributed by atoms with Crippen LogP contribution < -0.4 is 0 Å². The van der Waals surface area contributed by atoms with Crippen molar-refractivity contribution < 1.29 is 9.90 Å². The van der Waals surface area contributed by atoms with Gasteiger partial charge in [0.15, 0.2) is 0 Å². The van der Waals surface area contributed by atoms with E-state index in [2.05, 4.69) is 35.2 Å². The summed E-state index contributed by atoms with van der Waals surface area (Å²) in [6.45, 7) is 7.20. The summed E-state index contributed by atoms with van der Waals surface area (Å²) in [6.07, 6.45) is 2.34. The molecule has 4 heteroatoms. The topological polar surface area (TPSA) is 43.8 Å². The molecule has 0 unspecified atom stereocenters. The van der Waals surface area contributed by atoms with Crippen molar-refractivity contribution in [3.05, 3.63) is 35.9 Å². The van der Waals surface area contributed by atoms with E-state index >= 15 is 0 Å². The molecule has 1 fully saturated rings. The van der Waals surface area contributed by atoms with Crippen molar-refractivity contribution in [2.45, 2.75) is 26.3 Å². The van der Waals surface area contributed by atoms with Crippen LogP contribution >= 0.6 is 0 Å². The molecule has 0 bridgehead atoms. The zero-order chi connectivity index (χ0) is 15.1. The fraction of sp³-hybridized carbons (Fsp3) is 0.588. The number of rotatable bonds is 7. The lowest BCUT2D eigenvalue weighted by Crippen LogP contribution is -2.40. The summed E-state index contributed by atoms with van der Waals surface area (Å²) < 4.78 is 0. The maximum absolute atomic E-state index is 10.8. The van der Waals surface area contributed by atoms with Crippen molar-refractivity contribution >= 4 is 5.97 Å². The van der Waals surface area contributed by atoms with E-state index in [-0.39, 0.29) is 6.54 Å². The van der Waals surface area contributed by atoms with Crippen LogP contribution in [0.4, 0.5) is 0 Å². The first kappa shape index (κ1) is 16.0. The van der Waals surface area contributed by atoms with Crippen LogP contribution in [-0.2, 0) is 11.3 Å². The summed E-state index contributed by atoms with van der Waals surface area (Å²) in [7, 11) is 0. The Bertz CT molecular complexity index is 428. The quantitative estimate of drug-likeness (QED) is 0.837. The van der Waals surface area contributed by atoms with Crippen molar-refractivity contribution in [3.8, 4) is 0 Å². The molecule has 0 aliphatic carbocycles. The third-order valence-electron chi connectivity index (χ3n) is 4.28. The van der Waals surface area contributed by atoms with E-state index in [9.17, 15) is 4.79 Å². The molecule has 0 amide bonds. The Morgan fingerprint density at radius 2 is 1.95 bits per heavy atom. The van der Waals surface area contributed by atoms with E-state index in [4.69, 9.17) is 5.11 Å². The maximum atomic E-state index is 10.8. The Hall–Kier alpha value is -1.39. The smallest absolute Gasteiger partial charge is 0.317 e. The molecule has 0 saturated carbocycles. The number of piperidine rings is 1. The van der Waals surface area contributed by atoms with E-state index in [1.165, 1.54) is 18.4 Å². The van der Waals surface area contributed by atoms with Crippen molar-refractivity contribution in [3.63, 3.8) is 0 Å². The SMILES string of the molecule is CCN(CC(=O)O)CC1CCN(Cc2ccccc2)CC1. The zero-order valence-electron chi connectivity index (χ0n) is 12.9. The second kappa shape index (κ2) is 8.15. The molecule has 2 rings (SSSR count). The van der Waals surface area contributed by atoms with Crippen LogP contribution in [0.25, 0.3) is 0 Å². The molecule has 0 radical (unpaired) electrons. The standard InChI is InChI=1S/C17H26N2O2/c1-2-18(14-17(20)21)12-16-8-10-19(11-9-16)13-15-6-4-3-5-7-15/h3-7,16H,2,8-14H2,1H3,(H,20,21). The molecule has 1 aliphatic rings. The van der Waals surface area contributed by atoms with E-state index in [0.717, 1.165) is 32.7 Å². The summed E-state index contributed by atoms with van der Waals surface area (Å²) in [6, 6.07) is 10.6. The van der Waals surface area contributed by atoms with Crippen LogP contribution in [-0.4, -0.2) is 53.6 Å². The molecule has 0 aromatic heterocycles. The first-order valence-electron chi connectivity index (χ1n) is 7.87. The van der Waals surface area contributed by atoms with Crippen molar-refractivity contribution in [1.29, 1.82) is 0 Å². The molecule has 1 N–H and O–H groups in total. The van der Waals surface area contributed by atoms with Crippen LogP contribution in [0, 0.1) is 5.92 Å². The van der Waals surface area contributed by atoms with E-state index in [1.807, 2.05) is 11.8 Å². The van der Waals surface area contributed by atoms with Gasteiger partial charge in [0.25, 0.3) is 0 Å². The predicted molar refractivity (Wildman–Crippen MR) is 84.2 cm³/mol. The molecule has 0 atom stereocenters. The van der Waals surface area contributed by atoms with Gasteiger partial charge in [-0.15, -0.1) is 0 Å². The molecular weight excluding hydrogens is 264 g/mol. The van der Waals surface area contributed by atoms with Crippen molar-refractivity contribution in [2.75, 3.05) is 32.7 Å². The average molecular weight is 290 g/mol. The number of hydrogen-bond donors (Lipinski definition) is 1. The number of likely N-dealkylation sites (N-methyl/N-ethyl adjacent to an activating group) is 1. The molecule has 1 saturated heterocycles. The Morgan fingerprint density at radius 1 is 1.29 bits per heavy atom. The molecule has 0 spiro atoms. The first-order chi connectivity index (χ1) is 10.2. The highest BCUT2D eigenvalue weighted by Gasteiger charge is 2.21. The average Bonchev–Trinajstić information content (AvgIpc) is 2.49. The number of carboxylic acid groups (broad SMARTS) is 1. The largest absolute Gasteiger partial charge is 0.480 e. The highest BCUT2D eigenvalue weighted by molar-refractivity contribution is 5.69. The van der Waals surface area contributed by atoms with Gasteiger partial charge >= 0.3 is 5.97 Å². The number of carbonyl (C=O) groups is 1. The molecule has 1 aromatic carbocycles. The summed E-state index contributed by atoms with van der Waals surface area (Å²) in [5.74, 6) is -0.0883. The van der Waals surface area contributed by atoms with Gasteiger partial charge in [-0.05, 0) is 44.0 Å². The number of hydrogen-bond acceptors (Lipinski definition) is 3. The number of likely N-dealkylation sites (tertiary alicyclic amines) is 1. The highest BCUT2D eigenvalue weighted by Crippen LogP contribution is 2.20. The Labute approximate surface area is 127 Å². The number of carboxylic acids is 1. The number of aliphatic carboxylic acids is 1. The summed E-state index contributed by atoms with van der Waals surface area (Å²) in [5, 5.41) is 8.90. The van der Waals surface area contributed by atoms with E-state index < -0.39 is 5.97 Å². The Kier molecular flexibility index (Phi) is 6.21. The fourth-order valence-electron chi connectivity index (χ4n) is 3.03. The van der Waals surface area contributed by atoms with Gasteiger partial charge in [-0.1, -0.05) is 37.3 Å². The molecular formula is C17H26N2O2. The molecule has 1 aromatic rings. The Morgan fingerprint density at radius 3 is 2.52 bits per heavy atom. The minimum absolute atomic E-state index is 0.167. The zero-order valence-corrected chi connectivity index (χ0v) is 12.9. The number of benzene rings is 1. The minimum Gasteiger partial charge on any atom is -0.480 e. The van der Waals surface area contributed by atoms with E-state index in [0.29, 0.717) is 5.92 Å². The third kappa shape index (κ3) is 5.48. The second-order valence-corrected chi connectivity index (χ2v) is 5.93. The predicted octanol–water partition coefficient (Wildman–Crippen LogP) is 2.31. The van der Waals surface area contributed by atoms with Gasteiger partial charge in [0.1, 0.15) is 0 Å². The first-order valence-corrected chi connectivity index (χ1v) is 7.87. The van der Waals surface area contributed by atoms with Crippen LogP contribution in [0.5, 0.6) is 0 Å². The Balaban J connectivity index is 1.74. The summed E-state index contributed by atoms with van der Waals surface area (Å²) >= 11 is 0. The summed E-state index contributed by atoms with van der Waals surface area (Å²) in [4.78, 5) is 15.4. The molecule has 1 heterocycles. The van der Waals surface area contributed by atoms with Crippen LogP contribution in [0.3, 0.4) is 0 Å². The lowest BCUT2D eigenvalue weighted by Gasteiger charge is -2.34. The second-order valence-electron chi connectivity index (χ2n) is 5.93.